The van der Waals surface area contributed by atoms with Crippen LogP contribution in [-0.4, -0.2) is 24.4 Å². The van der Waals surface area contributed by atoms with Crippen LogP contribution in [0.15, 0.2) is 22.7 Å². The molecule has 4 nitrogen and oxygen atoms in total. The predicted octanol–water partition coefficient (Wildman–Crippen LogP) is 3.22. The fourth-order valence-corrected chi connectivity index (χ4v) is 2.41. The highest BCUT2D eigenvalue weighted by molar-refractivity contribution is 9.10. The number of ether oxygens (including phenoxy) is 1. The lowest BCUT2D eigenvalue weighted by atomic mass is 10.1. The summed E-state index contributed by atoms with van der Waals surface area (Å²) < 4.78 is 6.24. The molecule has 1 heterocycles. The molecule has 0 radical (unpaired) electrons. The Hall–Kier alpha value is -1.04. The molecule has 0 saturated carbocycles. The van der Waals surface area contributed by atoms with Crippen LogP contribution in [0.2, 0.25) is 5.02 Å². The average Bonchev–Trinajstić information content (AvgIpc) is 2.72. The van der Waals surface area contributed by atoms with Crippen molar-refractivity contribution in [2.75, 3.05) is 14.2 Å². The smallest absolute Gasteiger partial charge is 0.128 e. The monoisotopic (exact) mass is 329 g/mol. The van der Waals surface area contributed by atoms with Gasteiger partial charge in [0.25, 0.3) is 0 Å². The summed E-state index contributed by atoms with van der Waals surface area (Å²) in [6.07, 6.45) is 0. The summed E-state index contributed by atoms with van der Waals surface area (Å²) in [5.74, 6) is 0.739. The molecule has 2 rings (SSSR count). The quantitative estimate of drug-likeness (QED) is 0.905. The van der Waals surface area contributed by atoms with Gasteiger partial charge in [0.1, 0.15) is 11.4 Å². The number of nitrogens with one attached hydrogen (secondary N) is 2. The van der Waals surface area contributed by atoms with Crippen LogP contribution in [0, 0.1) is 0 Å². The maximum atomic E-state index is 6.02. The number of nitrogens with zero attached hydrogens (tertiary/aromatic N) is 1. The van der Waals surface area contributed by atoms with Crippen LogP contribution in [0.5, 0.6) is 5.75 Å². The molecule has 96 valence electrons. The maximum absolute atomic E-state index is 6.02. The second-order valence-corrected chi connectivity index (χ2v) is 4.97. The minimum absolute atomic E-state index is 0.649. The fourth-order valence-electron chi connectivity index (χ4n) is 1.70. The minimum atomic E-state index is 0.649. The van der Waals surface area contributed by atoms with Gasteiger partial charge in [-0.15, -0.1) is 0 Å². The summed E-state index contributed by atoms with van der Waals surface area (Å²) in [6.45, 7) is 0.705. The average molecular weight is 331 g/mol. The summed E-state index contributed by atoms with van der Waals surface area (Å²) in [6, 6.07) is 5.46. The van der Waals surface area contributed by atoms with Crippen molar-refractivity contribution in [1.82, 2.24) is 15.5 Å². The van der Waals surface area contributed by atoms with Crippen molar-refractivity contribution in [1.29, 1.82) is 0 Å². The van der Waals surface area contributed by atoms with E-state index in [9.17, 15) is 0 Å². The summed E-state index contributed by atoms with van der Waals surface area (Å²) in [5.41, 5.74) is 2.63. The molecule has 18 heavy (non-hydrogen) atoms. The third-order valence-electron chi connectivity index (χ3n) is 2.55. The summed E-state index contributed by atoms with van der Waals surface area (Å²) >= 11 is 9.57. The van der Waals surface area contributed by atoms with E-state index in [0.29, 0.717) is 11.6 Å². The van der Waals surface area contributed by atoms with Gasteiger partial charge in [0.15, 0.2) is 0 Å². The van der Waals surface area contributed by atoms with Gasteiger partial charge in [-0.1, -0.05) is 11.6 Å². The molecule has 0 unspecified atom stereocenters. The van der Waals surface area contributed by atoms with Crippen molar-refractivity contribution in [3.63, 3.8) is 0 Å². The Labute approximate surface area is 119 Å². The van der Waals surface area contributed by atoms with Crippen LogP contribution < -0.4 is 10.1 Å². The Morgan fingerprint density at radius 2 is 2.28 bits per heavy atom. The highest BCUT2D eigenvalue weighted by atomic mass is 79.9. The lowest BCUT2D eigenvalue weighted by Gasteiger charge is -2.07. The van der Waals surface area contributed by atoms with Gasteiger partial charge in [-0.2, -0.15) is 5.10 Å². The van der Waals surface area contributed by atoms with Gasteiger partial charge in [-0.3, -0.25) is 5.10 Å². The van der Waals surface area contributed by atoms with E-state index in [4.69, 9.17) is 16.3 Å². The van der Waals surface area contributed by atoms with Crippen molar-refractivity contribution in [2.24, 2.45) is 0 Å². The Morgan fingerprint density at radius 3 is 2.94 bits per heavy atom. The molecule has 6 heteroatoms. The molecule has 1 aromatic carbocycles. The molecule has 0 saturated heterocycles. The molecule has 0 bridgehead atoms. The van der Waals surface area contributed by atoms with Crippen molar-refractivity contribution in [2.45, 2.75) is 6.54 Å². The number of halogens is 2. The van der Waals surface area contributed by atoms with E-state index in [1.807, 2.05) is 19.2 Å². The van der Waals surface area contributed by atoms with Crippen molar-refractivity contribution < 1.29 is 4.74 Å². The predicted molar refractivity (Wildman–Crippen MR) is 76.0 cm³/mol. The van der Waals surface area contributed by atoms with E-state index < -0.39 is 0 Å². The lowest BCUT2D eigenvalue weighted by molar-refractivity contribution is 0.416. The third-order valence-corrected chi connectivity index (χ3v) is 3.63. The van der Waals surface area contributed by atoms with Crippen LogP contribution in [0.4, 0.5) is 0 Å². The van der Waals surface area contributed by atoms with E-state index in [2.05, 4.69) is 31.4 Å². The van der Waals surface area contributed by atoms with Crippen LogP contribution in [0.1, 0.15) is 5.69 Å². The van der Waals surface area contributed by atoms with Gasteiger partial charge in [-0.25, -0.2) is 0 Å². The van der Waals surface area contributed by atoms with E-state index in [-0.39, 0.29) is 0 Å². The molecule has 0 amide bonds. The minimum Gasteiger partial charge on any atom is -0.496 e. The van der Waals surface area contributed by atoms with E-state index in [1.54, 1.807) is 13.2 Å². The molecule has 0 aliphatic heterocycles. The molecule has 0 atom stereocenters. The standard InChI is InChI=1S/C12H13BrClN3O/c1-15-6-9-11(13)12(17-16-9)8-5-7(14)3-4-10(8)18-2/h3-5,15H,6H2,1-2H3,(H,16,17). The number of hydrogen-bond acceptors (Lipinski definition) is 3. The molecular formula is C12H13BrClN3O. The lowest BCUT2D eigenvalue weighted by Crippen LogP contribution is -2.05. The van der Waals surface area contributed by atoms with Gasteiger partial charge >= 0.3 is 0 Å². The van der Waals surface area contributed by atoms with Crippen LogP contribution in [0.25, 0.3) is 11.3 Å². The number of methoxy groups -OCH3 is 1. The number of benzene rings is 1. The highest BCUT2D eigenvalue weighted by Crippen LogP contribution is 2.36. The van der Waals surface area contributed by atoms with Gasteiger partial charge in [0, 0.05) is 17.1 Å². The summed E-state index contributed by atoms with van der Waals surface area (Å²) in [5, 5.41) is 11.0. The molecule has 2 aromatic rings. The second-order valence-electron chi connectivity index (χ2n) is 3.74. The number of aromatic amines is 1. The SMILES string of the molecule is CNCc1[nH]nc(-c2cc(Cl)ccc2OC)c1Br. The fraction of sp³-hybridized carbons (Fsp3) is 0.250. The Bertz CT molecular complexity index is 556. The molecule has 0 spiro atoms. The van der Waals surface area contributed by atoms with E-state index in [1.165, 1.54) is 0 Å². The molecule has 0 aliphatic carbocycles. The third kappa shape index (κ3) is 2.53. The van der Waals surface area contributed by atoms with E-state index >= 15 is 0 Å². The number of rotatable bonds is 4. The Morgan fingerprint density at radius 1 is 1.50 bits per heavy atom. The van der Waals surface area contributed by atoms with Crippen LogP contribution in [-0.2, 0) is 6.54 Å². The zero-order valence-electron chi connectivity index (χ0n) is 10.1. The van der Waals surface area contributed by atoms with Gasteiger partial charge in [-0.05, 0) is 41.2 Å². The van der Waals surface area contributed by atoms with E-state index in [0.717, 1.165) is 27.2 Å². The first-order chi connectivity index (χ1) is 8.67. The number of H-pyrrole nitrogens is 1. The van der Waals surface area contributed by atoms with Gasteiger partial charge in [0.05, 0.1) is 17.3 Å². The largest absolute Gasteiger partial charge is 0.496 e. The molecular weight excluding hydrogens is 318 g/mol. The van der Waals surface area contributed by atoms with Crippen molar-refractivity contribution in [3.05, 3.63) is 33.4 Å². The van der Waals surface area contributed by atoms with Crippen molar-refractivity contribution in [3.8, 4) is 17.0 Å². The topological polar surface area (TPSA) is 49.9 Å². The first-order valence-corrected chi connectivity index (χ1v) is 6.55. The first-order valence-electron chi connectivity index (χ1n) is 5.38. The van der Waals surface area contributed by atoms with Crippen LogP contribution >= 0.6 is 27.5 Å². The molecule has 0 fully saturated rings. The van der Waals surface area contributed by atoms with Gasteiger partial charge < -0.3 is 10.1 Å². The highest BCUT2D eigenvalue weighted by Gasteiger charge is 2.16. The van der Waals surface area contributed by atoms with Crippen LogP contribution in [0.3, 0.4) is 0 Å². The van der Waals surface area contributed by atoms with Crippen molar-refractivity contribution >= 4 is 27.5 Å². The Balaban J connectivity index is 2.51. The summed E-state index contributed by atoms with van der Waals surface area (Å²) in [7, 11) is 3.51. The summed E-state index contributed by atoms with van der Waals surface area (Å²) in [4.78, 5) is 0. The molecule has 2 N–H and O–H groups in total. The maximum Gasteiger partial charge on any atom is 0.128 e. The zero-order valence-corrected chi connectivity index (χ0v) is 12.4. The Kier molecular flexibility index (Phi) is 4.27. The number of aromatic nitrogens is 2. The first kappa shape index (κ1) is 13.4. The number of hydrogen-bond donors (Lipinski definition) is 2. The molecule has 0 aliphatic rings. The zero-order chi connectivity index (χ0) is 13.1. The molecule has 1 aromatic heterocycles. The van der Waals surface area contributed by atoms with Gasteiger partial charge in [0.2, 0.25) is 0 Å². The second kappa shape index (κ2) is 5.73. The normalized spacial score (nSPS) is 10.7.